The van der Waals surface area contributed by atoms with Crippen LogP contribution in [0.5, 0.6) is 5.75 Å². The van der Waals surface area contributed by atoms with Crippen molar-refractivity contribution in [3.8, 4) is 5.75 Å². The van der Waals surface area contributed by atoms with E-state index in [1.54, 1.807) is 13.0 Å². The zero-order chi connectivity index (χ0) is 42.2. The number of fused-ring (bicyclic) bond motifs is 1. The van der Waals surface area contributed by atoms with Crippen LogP contribution in [-0.4, -0.2) is 42.5 Å². The van der Waals surface area contributed by atoms with Crippen molar-refractivity contribution in [2.24, 2.45) is 0 Å². The number of hydrogen-bond donors (Lipinski definition) is 1. The fourth-order valence-corrected chi connectivity index (χ4v) is 8.05. The number of rotatable bonds is 17. The van der Waals surface area contributed by atoms with Crippen LogP contribution in [0.4, 0.5) is 13.2 Å². The summed E-state index contributed by atoms with van der Waals surface area (Å²) in [4.78, 5) is 0. The summed E-state index contributed by atoms with van der Waals surface area (Å²) in [7, 11) is 0. The second-order valence-corrected chi connectivity index (χ2v) is 15.7. The molecule has 7 nitrogen and oxygen atoms in total. The van der Waals surface area contributed by atoms with Gasteiger partial charge in [0.05, 0.1) is 38.6 Å². The van der Waals surface area contributed by atoms with Crippen molar-refractivity contribution in [3.63, 3.8) is 0 Å². The highest BCUT2D eigenvalue weighted by molar-refractivity contribution is 5.48. The molecular formula is C51H49F3O7. The van der Waals surface area contributed by atoms with Crippen molar-refractivity contribution in [3.05, 3.63) is 207 Å². The molecule has 61 heavy (non-hydrogen) atoms. The van der Waals surface area contributed by atoms with Gasteiger partial charge in [-0.15, -0.1) is 13.2 Å². The summed E-state index contributed by atoms with van der Waals surface area (Å²) in [6.07, 6.45) is -7.30. The lowest BCUT2D eigenvalue weighted by molar-refractivity contribution is -0.379. The molecule has 1 saturated heterocycles. The van der Waals surface area contributed by atoms with E-state index in [-0.39, 0.29) is 38.6 Å². The zero-order valence-corrected chi connectivity index (χ0v) is 33.9. The van der Waals surface area contributed by atoms with E-state index in [1.165, 1.54) is 17.2 Å². The Balaban J connectivity index is 1.25. The average molecular weight is 831 g/mol. The van der Waals surface area contributed by atoms with Gasteiger partial charge in [0.25, 0.3) is 0 Å². The molecule has 1 aliphatic heterocycles. The third kappa shape index (κ3) is 10.6. The van der Waals surface area contributed by atoms with Gasteiger partial charge >= 0.3 is 6.36 Å². The topological polar surface area (TPSA) is 75.6 Å². The van der Waals surface area contributed by atoms with Crippen LogP contribution in [0.25, 0.3) is 0 Å². The van der Waals surface area contributed by atoms with Crippen molar-refractivity contribution in [1.29, 1.82) is 0 Å². The Morgan fingerprint density at radius 3 is 1.66 bits per heavy atom. The SMILES string of the molecule is Cc1cc(OC(F)(F)F)c(C2(O)O[C@H](COCc3ccccc3)[C@@H](OCc3ccccc3)[C@H](OCc3ccccc3)[C@H]2OCc2ccccc2)cc1Cc1ccc2c(c1)CC2. The van der Waals surface area contributed by atoms with Gasteiger partial charge < -0.3 is 33.5 Å². The Bertz CT molecular complexity index is 2330. The molecule has 0 spiro atoms. The molecule has 2 aliphatic rings. The van der Waals surface area contributed by atoms with Gasteiger partial charge in [0.2, 0.25) is 5.79 Å². The van der Waals surface area contributed by atoms with Crippen molar-refractivity contribution >= 4 is 0 Å². The van der Waals surface area contributed by atoms with Crippen molar-refractivity contribution in [1.82, 2.24) is 0 Å². The number of hydrogen-bond acceptors (Lipinski definition) is 7. The smallest absolute Gasteiger partial charge is 0.405 e. The highest BCUT2D eigenvalue weighted by Crippen LogP contribution is 2.46. The van der Waals surface area contributed by atoms with Gasteiger partial charge in [-0.25, -0.2) is 0 Å². The first-order valence-electron chi connectivity index (χ1n) is 20.6. The third-order valence-electron chi connectivity index (χ3n) is 11.3. The first kappa shape index (κ1) is 42.4. The summed E-state index contributed by atoms with van der Waals surface area (Å²) in [6, 6.07) is 47.1. The van der Waals surface area contributed by atoms with E-state index < -0.39 is 42.3 Å². The molecular weight excluding hydrogens is 782 g/mol. The van der Waals surface area contributed by atoms with Gasteiger partial charge in [0.15, 0.2) is 0 Å². The summed E-state index contributed by atoms with van der Waals surface area (Å²) in [5.74, 6) is -3.20. The molecule has 0 bridgehead atoms. The highest BCUT2D eigenvalue weighted by Gasteiger charge is 2.59. The van der Waals surface area contributed by atoms with E-state index >= 15 is 0 Å². The highest BCUT2D eigenvalue weighted by atomic mass is 19.4. The standard InChI is InChI=1S/C51H49F3O7/c1-35-26-45(61-51(52,53)54)44(29-43(35)28-40-22-23-41-24-25-42(41)27-40)50(55)49(59-33-39-20-12-5-13-21-39)48(58-32-38-18-10-4-11-19-38)47(57-31-37-16-8-3-9-17-37)46(60-50)34-56-30-36-14-6-2-7-15-36/h2-23,26-27,29,46-49,55H,24-25,28,30-34H2,1H3/t46-,47-,48+,49-,50?/m1/s1. The van der Waals surface area contributed by atoms with Gasteiger partial charge in [0, 0.05) is 0 Å². The molecule has 316 valence electrons. The van der Waals surface area contributed by atoms with E-state index in [1.807, 2.05) is 127 Å². The van der Waals surface area contributed by atoms with Gasteiger partial charge in [-0.2, -0.15) is 0 Å². The molecule has 0 aromatic heterocycles. The van der Waals surface area contributed by atoms with Crippen LogP contribution in [0.15, 0.2) is 152 Å². The zero-order valence-electron chi connectivity index (χ0n) is 33.9. The Labute approximate surface area is 354 Å². The fraction of sp³-hybridized carbons (Fsp3) is 0.294. The number of aliphatic hydroxyl groups is 1. The minimum absolute atomic E-state index is 0.0355. The maximum Gasteiger partial charge on any atom is 0.573 e. The molecule has 8 rings (SSSR count). The normalized spacial score (nSPS) is 21.1. The van der Waals surface area contributed by atoms with Crippen LogP contribution in [0.3, 0.4) is 0 Å². The van der Waals surface area contributed by atoms with Crippen LogP contribution in [0.1, 0.15) is 55.6 Å². The van der Waals surface area contributed by atoms with Gasteiger partial charge in [0.1, 0.15) is 30.2 Å². The Hall–Kier alpha value is -5.33. The van der Waals surface area contributed by atoms with E-state index in [0.29, 0.717) is 17.5 Å². The van der Waals surface area contributed by atoms with E-state index in [0.717, 1.165) is 40.7 Å². The maximum atomic E-state index is 14.4. The summed E-state index contributed by atoms with van der Waals surface area (Å²) in [5, 5.41) is 13.4. The first-order chi connectivity index (χ1) is 29.6. The van der Waals surface area contributed by atoms with E-state index in [9.17, 15) is 18.3 Å². The molecule has 1 N–H and O–H groups in total. The molecule has 1 aliphatic carbocycles. The Morgan fingerprint density at radius 2 is 1.13 bits per heavy atom. The first-order valence-corrected chi connectivity index (χ1v) is 20.6. The lowest BCUT2D eigenvalue weighted by atomic mass is 9.84. The number of ether oxygens (including phenoxy) is 6. The van der Waals surface area contributed by atoms with Gasteiger partial charge in [-0.1, -0.05) is 140 Å². The van der Waals surface area contributed by atoms with E-state index in [2.05, 4.69) is 12.1 Å². The number of alkyl halides is 3. The maximum absolute atomic E-state index is 14.4. The lowest BCUT2D eigenvalue weighted by Crippen LogP contribution is -2.65. The van der Waals surface area contributed by atoms with Crippen LogP contribution in [0, 0.1) is 6.92 Å². The van der Waals surface area contributed by atoms with Crippen molar-refractivity contribution in [2.45, 2.75) is 89.2 Å². The van der Waals surface area contributed by atoms with Crippen LogP contribution >= 0.6 is 0 Å². The van der Waals surface area contributed by atoms with Gasteiger partial charge in [-0.05, 0) is 88.4 Å². The van der Waals surface area contributed by atoms with Crippen LogP contribution in [0.2, 0.25) is 0 Å². The fourth-order valence-electron chi connectivity index (χ4n) is 8.05. The lowest BCUT2D eigenvalue weighted by Gasteiger charge is -2.50. The minimum atomic E-state index is -5.10. The Kier molecular flexibility index (Phi) is 13.3. The summed E-state index contributed by atoms with van der Waals surface area (Å²) >= 11 is 0. The van der Waals surface area contributed by atoms with Crippen LogP contribution < -0.4 is 4.74 Å². The molecule has 6 aromatic rings. The van der Waals surface area contributed by atoms with Gasteiger partial charge in [-0.3, -0.25) is 0 Å². The summed E-state index contributed by atoms with van der Waals surface area (Å²) in [6.45, 7) is 1.99. The second kappa shape index (κ2) is 19.2. The second-order valence-electron chi connectivity index (χ2n) is 15.7. The summed E-state index contributed by atoms with van der Waals surface area (Å²) in [5.41, 5.74) is 7.89. The summed E-state index contributed by atoms with van der Waals surface area (Å²) < 4.78 is 81.3. The quantitative estimate of drug-likeness (QED) is 0.0981. The molecule has 1 fully saturated rings. The molecule has 6 aromatic carbocycles. The molecule has 0 radical (unpaired) electrons. The number of benzene rings is 6. The largest absolute Gasteiger partial charge is 0.573 e. The monoisotopic (exact) mass is 830 g/mol. The van der Waals surface area contributed by atoms with E-state index in [4.69, 9.17) is 28.4 Å². The predicted molar refractivity (Wildman–Crippen MR) is 224 cm³/mol. The molecule has 0 saturated carbocycles. The molecule has 0 amide bonds. The molecule has 1 heterocycles. The average Bonchev–Trinajstić information content (AvgIpc) is 3.25. The third-order valence-corrected chi connectivity index (χ3v) is 11.3. The predicted octanol–water partition coefficient (Wildman–Crippen LogP) is 10.1. The molecule has 1 unspecified atom stereocenters. The van der Waals surface area contributed by atoms with Crippen molar-refractivity contribution < 1.29 is 46.7 Å². The molecule has 10 heteroatoms. The van der Waals surface area contributed by atoms with Crippen molar-refractivity contribution in [2.75, 3.05) is 6.61 Å². The van der Waals surface area contributed by atoms with Crippen LogP contribution in [-0.2, 0) is 75.2 Å². The number of halogens is 3. The number of aryl methyl sites for hydroxylation is 3. The molecule has 5 atom stereocenters. The minimum Gasteiger partial charge on any atom is -0.405 e. The Morgan fingerprint density at radius 1 is 0.607 bits per heavy atom.